The molecule has 0 aliphatic carbocycles. The average Bonchev–Trinajstić information content (AvgIpc) is 3.20. The van der Waals surface area contributed by atoms with Crippen molar-refractivity contribution in [3.63, 3.8) is 0 Å². The minimum Gasteiger partial charge on any atom is -0.454 e. The molecule has 32 heavy (non-hydrogen) atoms. The Hall–Kier alpha value is -3.67. The van der Waals surface area contributed by atoms with E-state index in [1.807, 2.05) is 13.0 Å². The Morgan fingerprint density at radius 2 is 1.81 bits per heavy atom. The second-order valence-corrected chi connectivity index (χ2v) is 8.96. The van der Waals surface area contributed by atoms with E-state index in [9.17, 15) is 26.8 Å². The van der Waals surface area contributed by atoms with Crippen molar-refractivity contribution in [2.45, 2.75) is 24.2 Å². The molecule has 4 aromatic rings. The van der Waals surface area contributed by atoms with Crippen LogP contribution in [-0.4, -0.2) is 39.3 Å². The number of sulfone groups is 1. The standard InChI is InChI=1S/C20H16F2N4O5S/c1-11-3-8-15-14(9-11)17(27)25(2)20-24-23-16(26(15)20)10-31-18(28)12-4-6-13(7-5-12)32(29,30)19(21)22/h3-9,19H,10H2,1-2H3. The first kappa shape index (κ1) is 21.6. The van der Waals surface area contributed by atoms with Gasteiger partial charge < -0.3 is 4.74 Å². The molecule has 0 radical (unpaired) electrons. The lowest BCUT2D eigenvalue weighted by Crippen LogP contribution is -2.20. The molecule has 0 atom stereocenters. The van der Waals surface area contributed by atoms with E-state index in [0.717, 1.165) is 29.8 Å². The first-order chi connectivity index (χ1) is 15.1. The van der Waals surface area contributed by atoms with Crippen LogP contribution in [-0.2, 0) is 28.2 Å². The van der Waals surface area contributed by atoms with Crippen molar-refractivity contribution in [3.8, 4) is 0 Å². The number of halogens is 2. The molecule has 0 spiro atoms. The molecular weight excluding hydrogens is 446 g/mol. The van der Waals surface area contributed by atoms with E-state index >= 15 is 0 Å². The van der Waals surface area contributed by atoms with E-state index in [-0.39, 0.29) is 29.3 Å². The monoisotopic (exact) mass is 462 g/mol. The third kappa shape index (κ3) is 3.51. The maximum Gasteiger partial charge on any atom is 0.341 e. The van der Waals surface area contributed by atoms with Crippen LogP contribution in [0.25, 0.3) is 16.7 Å². The molecule has 0 aliphatic heterocycles. The minimum absolute atomic E-state index is 0.0279. The van der Waals surface area contributed by atoms with Gasteiger partial charge >= 0.3 is 11.7 Å². The van der Waals surface area contributed by atoms with Gasteiger partial charge in [-0.2, -0.15) is 8.78 Å². The van der Waals surface area contributed by atoms with Gasteiger partial charge in [0.1, 0.15) is 0 Å². The number of hydrogen-bond donors (Lipinski definition) is 0. The summed E-state index contributed by atoms with van der Waals surface area (Å²) < 4.78 is 56.4. The molecule has 166 valence electrons. The molecule has 12 heteroatoms. The predicted molar refractivity (Wildman–Crippen MR) is 109 cm³/mol. The summed E-state index contributed by atoms with van der Waals surface area (Å²) in [4.78, 5) is 24.4. The van der Waals surface area contributed by atoms with Gasteiger partial charge in [0.15, 0.2) is 12.4 Å². The quantitative estimate of drug-likeness (QED) is 0.418. The summed E-state index contributed by atoms with van der Waals surface area (Å²) in [5.74, 6) is -3.85. The van der Waals surface area contributed by atoms with Crippen LogP contribution in [0.1, 0.15) is 21.7 Å². The van der Waals surface area contributed by atoms with Crippen LogP contribution in [0.5, 0.6) is 0 Å². The highest BCUT2D eigenvalue weighted by atomic mass is 32.2. The molecule has 0 bridgehead atoms. The van der Waals surface area contributed by atoms with E-state index in [0.29, 0.717) is 10.9 Å². The SMILES string of the molecule is Cc1ccc2c(c1)c(=O)n(C)c1nnc(COC(=O)c3ccc(S(=O)(=O)C(F)F)cc3)n21. The van der Waals surface area contributed by atoms with Gasteiger partial charge in [0.05, 0.1) is 21.4 Å². The molecule has 2 aromatic heterocycles. The Bertz CT molecular complexity index is 1530. The summed E-state index contributed by atoms with van der Waals surface area (Å²) in [6, 6.07) is 9.30. The van der Waals surface area contributed by atoms with Crippen molar-refractivity contribution in [1.82, 2.24) is 19.2 Å². The number of nitrogens with zero attached hydrogens (tertiary/aromatic N) is 4. The molecular formula is C20H16F2N4O5S. The number of fused-ring (bicyclic) bond motifs is 3. The van der Waals surface area contributed by atoms with Gasteiger partial charge in [0, 0.05) is 7.05 Å². The van der Waals surface area contributed by atoms with Crippen LogP contribution in [0.15, 0.2) is 52.2 Å². The lowest BCUT2D eigenvalue weighted by Gasteiger charge is -2.09. The molecule has 4 rings (SSSR count). The van der Waals surface area contributed by atoms with Crippen LogP contribution in [0, 0.1) is 6.92 Å². The molecule has 0 saturated heterocycles. The Morgan fingerprint density at radius 3 is 2.47 bits per heavy atom. The Balaban J connectivity index is 1.63. The molecule has 0 saturated carbocycles. The van der Waals surface area contributed by atoms with Crippen molar-refractivity contribution in [2.24, 2.45) is 7.05 Å². The van der Waals surface area contributed by atoms with Crippen LogP contribution in [0.2, 0.25) is 0 Å². The van der Waals surface area contributed by atoms with Gasteiger partial charge in [-0.15, -0.1) is 10.2 Å². The fourth-order valence-corrected chi connectivity index (χ4v) is 3.97. The Morgan fingerprint density at radius 1 is 1.12 bits per heavy atom. The van der Waals surface area contributed by atoms with Crippen molar-refractivity contribution in [1.29, 1.82) is 0 Å². The minimum atomic E-state index is -4.76. The third-order valence-electron chi connectivity index (χ3n) is 4.93. The Labute approximate surface area is 179 Å². The number of alkyl halides is 2. The number of esters is 1. The second kappa shape index (κ2) is 7.79. The smallest absolute Gasteiger partial charge is 0.341 e. The summed E-state index contributed by atoms with van der Waals surface area (Å²) in [7, 11) is -3.20. The molecule has 0 N–H and O–H groups in total. The highest BCUT2D eigenvalue weighted by molar-refractivity contribution is 7.91. The van der Waals surface area contributed by atoms with Gasteiger partial charge in [-0.3, -0.25) is 13.8 Å². The number of aromatic nitrogens is 4. The first-order valence-corrected chi connectivity index (χ1v) is 10.8. The summed E-state index contributed by atoms with van der Waals surface area (Å²) in [5.41, 5.74) is 1.17. The van der Waals surface area contributed by atoms with E-state index in [2.05, 4.69) is 10.2 Å². The molecule has 0 amide bonds. The van der Waals surface area contributed by atoms with Gasteiger partial charge in [-0.05, 0) is 43.3 Å². The number of rotatable bonds is 5. The predicted octanol–water partition coefficient (Wildman–Crippen LogP) is 2.24. The number of benzene rings is 2. The Kier molecular flexibility index (Phi) is 5.25. The lowest BCUT2D eigenvalue weighted by atomic mass is 10.1. The normalized spacial score (nSPS) is 12.0. The van der Waals surface area contributed by atoms with Crippen molar-refractivity contribution >= 4 is 32.5 Å². The van der Waals surface area contributed by atoms with Gasteiger partial charge in [0.25, 0.3) is 5.56 Å². The zero-order chi connectivity index (χ0) is 23.2. The van der Waals surface area contributed by atoms with Gasteiger partial charge in [-0.25, -0.2) is 13.2 Å². The van der Waals surface area contributed by atoms with Crippen molar-refractivity contribution < 1.29 is 26.7 Å². The van der Waals surface area contributed by atoms with E-state index in [1.54, 1.807) is 23.6 Å². The second-order valence-electron chi connectivity index (χ2n) is 7.04. The third-order valence-corrected chi connectivity index (χ3v) is 6.32. The topological polar surface area (TPSA) is 113 Å². The number of aryl methyl sites for hydroxylation is 2. The average molecular weight is 462 g/mol. The number of hydrogen-bond acceptors (Lipinski definition) is 7. The molecule has 0 aliphatic rings. The van der Waals surface area contributed by atoms with E-state index < -0.39 is 26.5 Å². The van der Waals surface area contributed by atoms with Crippen molar-refractivity contribution in [2.75, 3.05) is 0 Å². The molecule has 9 nitrogen and oxygen atoms in total. The summed E-state index contributed by atoms with van der Waals surface area (Å²) >= 11 is 0. The first-order valence-electron chi connectivity index (χ1n) is 9.24. The van der Waals surface area contributed by atoms with Gasteiger partial charge in [-0.1, -0.05) is 11.6 Å². The maximum absolute atomic E-state index is 12.6. The summed E-state index contributed by atoms with van der Waals surface area (Å²) in [6.07, 6.45) is 0. The van der Waals surface area contributed by atoms with Crippen LogP contribution in [0.4, 0.5) is 8.78 Å². The molecule has 2 heterocycles. The number of carbonyl (C=O) groups is 1. The zero-order valence-corrected chi connectivity index (χ0v) is 17.6. The largest absolute Gasteiger partial charge is 0.454 e. The summed E-state index contributed by atoms with van der Waals surface area (Å²) in [5, 5.41) is 8.47. The fourth-order valence-electron chi connectivity index (χ4n) is 3.25. The maximum atomic E-state index is 12.6. The molecule has 0 unspecified atom stereocenters. The van der Waals surface area contributed by atoms with Crippen LogP contribution < -0.4 is 5.56 Å². The number of ether oxygens (including phenoxy) is 1. The van der Waals surface area contributed by atoms with E-state index in [4.69, 9.17) is 4.74 Å². The fraction of sp³-hybridized carbons (Fsp3) is 0.200. The van der Waals surface area contributed by atoms with Crippen molar-refractivity contribution in [3.05, 3.63) is 69.8 Å². The van der Waals surface area contributed by atoms with Gasteiger partial charge in [0.2, 0.25) is 15.6 Å². The lowest BCUT2D eigenvalue weighted by molar-refractivity contribution is 0.0461. The number of carbonyl (C=O) groups excluding carboxylic acids is 1. The molecule has 2 aromatic carbocycles. The molecule has 0 fully saturated rings. The van der Waals surface area contributed by atoms with Crippen LogP contribution in [0.3, 0.4) is 0 Å². The zero-order valence-electron chi connectivity index (χ0n) is 16.8. The van der Waals surface area contributed by atoms with E-state index in [1.165, 1.54) is 4.57 Å². The van der Waals surface area contributed by atoms with Crippen LogP contribution >= 0.6 is 0 Å². The highest BCUT2D eigenvalue weighted by Gasteiger charge is 2.26. The highest BCUT2D eigenvalue weighted by Crippen LogP contribution is 2.20. The summed E-state index contributed by atoms with van der Waals surface area (Å²) in [6.45, 7) is 1.56.